The first-order chi connectivity index (χ1) is 11.7. The Morgan fingerprint density at radius 2 is 1.88 bits per heavy atom. The quantitative estimate of drug-likeness (QED) is 0.767. The zero-order valence-electron chi connectivity index (χ0n) is 14.3. The van der Waals surface area contributed by atoms with E-state index in [1.54, 1.807) is 7.11 Å². The van der Waals surface area contributed by atoms with Crippen LogP contribution in [0.2, 0.25) is 0 Å². The number of rotatable bonds is 5. The first-order valence-electron chi connectivity index (χ1n) is 8.60. The monoisotopic (exact) mass is 324 g/mol. The van der Waals surface area contributed by atoms with E-state index in [1.165, 1.54) is 16.7 Å². The van der Waals surface area contributed by atoms with E-state index in [1.807, 2.05) is 19.1 Å². The van der Waals surface area contributed by atoms with Gasteiger partial charge in [-0.05, 0) is 54.5 Å². The maximum absolute atomic E-state index is 12.1. The second-order valence-electron chi connectivity index (χ2n) is 6.26. The van der Waals surface area contributed by atoms with Crippen LogP contribution in [0.25, 0.3) is 0 Å². The van der Waals surface area contributed by atoms with Crippen molar-refractivity contribution < 1.29 is 14.3 Å². The third kappa shape index (κ3) is 3.45. The molecule has 0 radical (unpaired) electrons. The van der Waals surface area contributed by atoms with Crippen LogP contribution in [0.5, 0.6) is 5.75 Å². The molecule has 0 saturated carbocycles. The summed E-state index contributed by atoms with van der Waals surface area (Å²) >= 11 is 0. The second-order valence-corrected chi connectivity index (χ2v) is 6.26. The lowest BCUT2D eigenvalue weighted by molar-refractivity contribution is -0.144. The van der Waals surface area contributed by atoms with Gasteiger partial charge in [-0.3, -0.25) is 4.79 Å². The molecular weight excluding hydrogens is 300 g/mol. The molecule has 0 aliphatic heterocycles. The van der Waals surface area contributed by atoms with Crippen LogP contribution in [0.3, 0.4) is 0 Å². The summed E-state index contributed by atoms with van der Waals surface area (Å²) in [5, 5.41) is 0. The summed E-state index contributed by atoms with van der Waals surface area (Å²) in [5.41, 5.74) is 3.96. The highest BCUT2D eigenvalue weighted by molar-refractivity contribution is 5.70. The third-order valence-corrected chi connectivity index (χ3v) is 4.86. The van der Waals surface area contributed by atoms with Gasteiger partial charge in [-0.25, -0.2) is 0 Å². The van der Waals surface area contributed by atoms with E-state index in [0.29, 0.717) is 13.0 Å². The van der Waals surface area contributed by atoms with Crippen LogP contribution in [0.4, 0.5) is 0 Å². The van der Waals surface area contributed by atoms with Crippen molar-refractivity contribution in [2.24, 2.45) is 5.92 Å². The highest BCUT2D eigenvalue weighted by atomic mass is 16.5. The summed E-state index contributed by atoms with van der Waals surface area (Å²) in [4.78, 5) is 12.1. The molecule has 0 aromatic heterocycles. The van der Waals surface area contributed by atoms with Crippen molar-refractivity contribution in [3.05, 3.63) is 65.2 Å². The van der Waals surface area contributed by atoms with Crippen LogP contribution in [-0.4, -0.2) is 19.7 Å². The zero-order chi connectivity index (χ0) is 16.9. The van der Waals surface area contributed by atoms with Gasteiger partial charge >= 0.3 is 5.97 Å². The normalized spacial score (nSPS) is 19.4. The van der Waals surface area contributed by atoms with Gasteiger partial charge in [0.25, 0.3) is 0 Å². The number of benzene rings is 2. The van der Waals surface area contributed by atoms with Crippen molar-refractivity contribution >= 4 is 5.97 Å². The molecule has 0 spiro atoms. The summed E-state index contributed by atoms with van der Waals surface area (Å²) in [6.45, 7) is 2.30. The highest BCUT2D eigenvalue weighted by Crippen LogP contribution is 2.42. The Balaban J connectivity index is 1.95. The standard InChI is InChI=1S/C21H24O3/c1-3-24-20(22)14-17-9-8-15-6-4-5-7-19(15)21(17)16-10-12-18(23-2)13-11-16/h4-7,10-13,17,21H,3,8-9,14H2,1-2H3/t17-,21-/m0/s1. The molecule has 3 heteroatoms. The lowest BCUT2D eigenvalue weighted by atomic mass is 9.70. The van der Waals surface area contributed by atoms with Crippen molar-refractivity contribution in [1.82, 2.24) is 0 Å². The lowest BCUT2D eigenvalue weighted by Crippen LogP contribution is -2.25. The highest BCUT2D eigenvalue weighted by Gasteiger charge is 2.32. The lowest BCUT2D eigenvalue weighted by Gasteiger charge is -2.33. The molecule has 2 aromatic carbocycles. The minimum Gasteiger partial charge on any atom is -0.497 e. The van der Waals surface area contributed by atoms with Gasteiger partial charge in [-0.15, -0.1) is 0 Å². The second kappa shape index (κ2) is 7.52. The van der Waals surface area contributed by atoms with E-state index in [9.17, 15) is 4.79 Å². The number of ether oxygens (including phenoxy) is 2. The maximum Gasteiger partial charge on any atom is 0.306 e. The molecule has 2 atom stereocenters. The van der Waals surface area contributed by atoms with Crippen molar-refractivity contribution in [2.45, 2.75) is 32.1 Å². The number of methoxy groups -OCH3 is 1. The summed E-state index contributed by atoms with van der Waals surface area (Å²) in [5.74, 6) is 1.25. The molecule has 2 aromatic rings. The molecule has 24 heavy (non-hydrogen) atoms. The van der Waals surface area contributed by atoms with Crippen LogP contribution in [-0.2, 0) is 16.0 Å². The van der Waals surface area contributed by atoms with Gasteiger partial charge in [-0.1, -0.05) is 36.4 Å². The van der Waals surface area contributed by atoms with Gasteiger partial charge in [0.05, 0.1) is 13.7 Å². The van der Waals surface area contributed by atoms with E-state index in [0.717, 1.165) is 18.6 Å². The molecule has 126 valence electrons. The number of hydrogen-bond donors (Lipinski definition) is 0. The Labute approximate surface area is 143 Å². The topological polar surface area (TPSA) is 35.5 Å². The molecule has 3 rings (SSSR count). The number of fused-ring (bicyclic) bond motifs is 1. The molecule has 0 N–H and O–H groups in total. The van der Waals surface area contributed by atoms with Gasteiger partial charge in [0.1, 0.15) is 5.75 Å². The van der Waals surface area contributed by atoms with Crippen LogP contribution >= 0.6 is 0 Å². The van der Waals surface area contributed by atoms with Crippen molar-refractivity contribution in [3.8, 4) is 5.75 Å². The number of hydrogen-bond acceptors (Lipinski definition) is 3. The summed E-state index contributed by atoms with van der Waals surface area (Å²) in [6, 6.07) is 16.8. The first-order valence-corrected chi connectivity index (χ1v) is 8.60. The van der Waals surface area contributed by atoms with E-state index in [-0.39, 0.29) is 17.8 Å². The van der Waals surface area contributed by atoms with Crippen molar-refractivity contribution in [1.29, 1.82) is 0 Å². The minimum absolute atomic E-state index is 0.0969. The summed E-state index contributed by atoms with van der Waals surface area (Å²) in [7, 11) is 1.68. The average molecular weight is 324 g/mol. The van der Waals surface area contributed by atoms with E-state index >= 15 is 0 Å². The van der Waals surface area contributed by atoms with Crippen molar-refractivity contribution in [2.75, 3.05) is 13.7 Å². The van der Waals surface area contributed by atoms with Crippen molar-refractivity contribution in [3.63, 3.8) is 0 Å². The Morgan fingerprint density at radius 3 is 2.58 bits per heavy atom. The smallest absolute Gasteiger partial charge is 0.306 e. The largest absolute Gasteiger partial charge is 0.497 e. The first kappa shape index (κ1) is 16.6. The van der Waals surface area contributed by atoms with E-state index in [2.05, 4.69) is 36.4 Å². The predicted molar refractivity (Wildman–Crippen MR) is 94.3 cm³/mol. The molecule has 0 heterocycles. The predicted octanol–water partition coefficient (Wildman–Crippen LogP) is 4.34. The van der Waals surface area contributed by atoms with Crippen LogP contribution in [0, 0.1) is 5.92 Å². The van der Waals surface area contributed by atoms with Crippen LogP contribution < -0.4 is 4.74 Å². The minimum atomic E-state index is -0.0969. The van der Waals surface area contributed by atoms with Gasteiger partial charge in [0.2, 0.25) is 0 Å². The van der Waals surface area contributed by atoms with Crippen LogP contribution in [0.15, 0.2) is 48.5 Å². The van der Waals surface area contributed by atoms with Gasteiger partial charge < -0.3 is 9.47 Å². The molecule has 0 bridgehead atoms. The zero-order valence-corrected chi connectivity index (χ0v) is 14.3. The summed E-state index contributed by atoms with van der Waals surface area (Å²) < 4.78 is 10.5. The average Bonchev–Trinajstić information content (AvgIpc) is 2.62. The Morgan fingerprint density at radius 1 is 1.12 bits per heavy atom. The Bertz CT molecular complexity index is 690. The number of carbonyl (C=O) groups is 1. The third-order valence-electron chi connectivity index (χ3n) is 4.86. The SMILES string of the molecule is CCOC(=O)C[C@@H]1CCc2ccccc2[C@H]1c1ccc(OC)cc1. The number of esters is 1. The molecule has 0 fully saturated rings. The van der Waals surface area contributed by atoms with Crippen LogP contribution in [0.1, 0.15) is 42.4 Å². The fraction of sp³-hybridized carbons (Fsp3) is 0.381. The fourth-order valence-electron chi connectivity index (χ4n) is 3.74. The number of aryl methyl sites for hydroxylation is 1. The van der Waals surface area contributed by atoms with E-state index < -0.39 is 0 Å². The number of carbonyl (C=O) groups excluding carboxylic acids is 1. The molecular formula is C21H24O3. The molecule has 0 unspecified atom stereocenters. The molecule has 1 aliphatic carbocycles. The maximum atomic E-state index is 12.1. The molecule has 0 saturated heterocycles. The summed E-state index contributed by atoms with van der Waals surface area (Å²) in [6.07, 6.45) is 2.50. The van der Waals surface area contributed by atoms with Gasteiger partial charge in [-0.2, -0.15) is 0 Å². The Kier molecular flexibility index (Phi) is 5.19. The molecule has 3 nitrogen and oxygen atoms in total. The molecule has 0 amide bonds. The van der Waals surface area contributed by atoms with E-state index in [4.69, 9.17) is 9.47 Å². The van der Waals surface area contributed by atoms with Gasteiger partial charge in [0, 0.05) is 12.3 Å². The molecule has 1 aliphatic rings. The fourth-order valence-corrected chi connectivity index (χ4v) is 3.74. The van der Waals surface area contributed by atoms with Gasteiger partial charge in [0.15, 0.2) is 0 Å². The Hall–Kier alpha value is -2.29.